The van der Waals surface area contributed by atoms with Crippen molar-refractivity contribution in [3.05, 3.63) is 12.5 Å². The van der Waals surface area contributed by atoms with Gasteiger partial charge in [0, 0.05) is 25.3 Å². The molecule has 1 aliphatic heterocycles. The minimum atomic E-state index is -2.65. The summed E-state index contributed by atoms with van der Waals surface area (Å²) in [5.41, 5.74) is 0.681. The number of anilines is 1. The predicted molar refractivity (Wildman–Crippen MR) is 106 cm³/mol. The zero-order chi connectivity index (χ0) is 20.3. The van der Waals surface area contributed by atoms with Crippen molar-refractivity contribution in [2.45, 2.75) is 63.8 Å². The molecule has 1 N–H and O–H groups in total. The van der Waals surface area contributed by atoms with Gasteiger partial charge in [0.15, 0.2) is 5.65 Å². The number of amides is 1. The van der Waals surface area contributed by atoms with Gasteiger partial charge in [-0.1, -0.05) is 12.8 Å². The van der Waals surface area contributed by atoms with Crippen LogP contribution in [-0.4, -0.2) is 56.1 Å². The first kappa shape index (κ1) is 20.1. The largest absolute Gasteiger partial charge is 0.310 e. The molecule has 3 heterocycles. The Bertz CT molecular complexity index is 837. The van der Waals surface area contributed by atoms with Crippen molar-refractivity contribution in [3.63, 3.8) is 0 Å². The molecule has 158 valence electrons. The van der Waals surface area contributed by atoms with Crippen LogP contribution in [0.2, 0.25) is 0 Å². The van der Waals surface area contributed by atoms with Gasteiger partial charge in [0.2, 0.25) is 11.8 Å². The smallest absolute Gasteiger partial charge is 0.248 e. The van der Waals surface area contributed by atoms with Crippen molar-refractivity contribution in [1.82, 2.24) is 24.6 Å². The second-order valence-electron chi connectivity index (χ2n) is 8.20. The summed E-state index contributed by atoms with van der Waals surface area (Å²) >= 11 is 0. The standard InChI is InChI=1S/C20H28F2N6O/c21-20(22)7-5-15(6-8-20)19(29)26-17-16-13-25-28(18(16)24-14-23-17)12-11-27-9-3-1-2-4-10-27/h13-15H,1-12H2,(H,23,24,26,29). The van der Waals surface area contributed by atoms with Crippen LogP contribution >= 0.6 is 0 Å². The van der Waals surface area contributed by atoms with E-state index in [4.69, 9.17) is 0 Å². The summed E-state index contributed by atoms with van der Waals surface area (Å²) in [6.45, 7) is 3.89. The first-order chi connectivity index (χ1) is 14.0. The van der Waals surface area contributed by atoms with Crippen molar-refractivity contribution in [2.24, 2.45) is 5.92 Å². The van der Waals surface area contributed by atoms with Crippen LogP contribution in [0.15, 0.2) is 12.5 Å². The summed E-state index contributed by atoms with van der Waals surface area (Å²) in [4.78, 5) is 23.5. The van der Waals surface area contributed by atoms with Gasteiger partial charge in [0.25, 0.3) is 0 Å². The fourth-order valence-electron chi connectivity index (χ4n) is 4.27. The highest BCUT2D eigenvalue weighted by Crippen LogP contribution is 2.36. The highest BCUT2D eigenvalue weighted by atomic mass is 19.3. The van der Waals surface area contributed by atoms with E-state index in [-0.39, 0.29) is 31.6 Å². The number of nitrogens with one attached hydrogen (secondary N) is 1. The van der Waals surface area contributed by atoms with Gasteiger partial charge < -0.3 is 10.2 Å². The van der Waals surface area contributed by atoms with Gasteiger partial charge in [0.05, 0.1) is 18.1 Å². The van der Waals surface area contributed by atoms with Crippen LogP contribution in [0.1, 0.15) is 51.4 Å². The normalized spacial score (nSPS) is 21.2. The monoisotopic (exact) mass is 406 g/mol. The van der Waals surface area contributed by atoms with Crippen LogP contribution in [0, 0.1) is 5.92 Å². The number of alkyl halides is 2. The van der Waals surface area contributed by atoms with E-state index in [0.717, 1.165) is 26.2 Å². The van der Waals surface area contributed by atoms with Gasteiger partial charge in [-0.25, -0.2) is 23.4 Å². The Kier molecular flexibility index (Phi) is 6.03. The van der Waals surface area contributed by atoms with Crippen molar-refractivity contribution < 1.29 is 13.6 Å². The predicted octanol–water partition coefficient (Wildman–Crippen LogP) is 3.47. The average Bonchev–Trinajstić information content (AvgIpc) is 2.94. The molecule has 2 aromatic heterocycles. The molecule has 2 aliphatic rings. The van der Waals surface area contributed by atoms with Crippen LogP contribution in [0.3, 0.4) is 0 Å². The Morgan fingerprint density at radius 1 is 1.10 bits per heavy atom. The van der Waals surface area contributed by atoms with Crippen LogP contribution in [0.5, 0.6) is 0 Å². The minimum Gasteiger partial charge on any atom is -0.310 e. The average molecular weight is 406 g/mol. The quantitative estimate of drug-likeness (QED) is 0.823. The molecule has 7 nitrogen and oxygen atoms in total. The molecule has 9 heteroatoms. The summed E-state index contributed by atoms with van der Waals surface area (Å²) in [5, 5.41) is 7.93. The van der Waals surface area contributed by atoms with Gasteiger partial charge in [-0.15, -0.1) is 0 Å². The second-order valence-corrected chi connectivity index (χ2v) is 8.20. The summed E-state index contributed by atoms with van der Waals surface area (Å²) in [6.07, 6.45) is 8.09. The van der Waals surface area contributed by atoms with Crippen molar-refractivity contribution in [2.75, 3.05) is 25.0 Å². The van der Waals surface area contributed by atoms with Crippen LogP contribution in [-0.2, 0) is 11.3 Å². The number of halogens is 2. The van der Waals surface area contributed by atoms with Gasteiger partial charge in [-0.2, -0.15) is 5.10 Å². The summed E-state index contributed by atoms with van der Waals surface area (Å²) in [6, 6.07) is 0. The Hall–Kier alpha value is -2.16. The van der Waals surface area contributed by atoms with E-state index >= 15 is 0 Å². The minimum absolute atomic E-state index is 0.197. The van der Waals surface area contributed by atoms with Crippen molar-refractivity contribution in [1.29, 1.82) is 0 Å². The Morgan fingerprint density at radius 3 is 2.55 bits per heavy atom. The number of fused-ring (bicyclic) bond motifs is 1. The number of rotatable bonds is 5. The number of nitrogens with zero attached hydrogens (tertiary/aromatic N) is 5. The molecule has 0 unspecified atom stereocenters. The molecular formula is C20H28F2N6O. The van der Waals surface area contributed by atoms with Gasteiger partial charge in [0.1, 0.15) is 12.1 Å². The lowest BCUT2D eigenvalue weighted by atomic mass is 9.86. The third-order valence-electron chi connectivity index (χ3n) is 6.09. The lowest BCUT2D eigenvalue weighted by Crippen LogP contribution is -2.32. The topological polar surface area (TPSA) is 75.9 Å². The number of aromatic nitrogens is 4. The van der Waals surface area contributed by atoms with E-state index in [9.17, 15) is 13.6 Å². The SMILES string of the molecule is O=C(Nc1ncnc2c1cnn2CCN1CCCCCC1)C1CCC(F)(F)CC1. The van der Waals surface area contributed by atoms with E-state index in [0.29, 0.717) is 16.9 Å². The van der Waals surface area contributed by atoms with Crippen LogP contribution < -0.4 is 5.32 Å². The lowest BCUT2D eigenvalue weighted by Gasteiger charge is -2.27. The third-order valence-corrected chi connectivity index (χ3v) is 6.09. The van der Waals surface area contributed by atoms with Gasteiger partial charge in [-0.05, 0) is 38.8 Å². The van der Waals surface area contributed by atoms with E-state index in [2.05, 4.69) is 25.3 Å². The number of carbonyl (C=O) groups excluding carboxylic acids is 1. The molecule has 1 saturated carbocycles. The maximum Gasteiger partial charge on any atom is 0.248 e. The molecule has 0 radical (unpaired) electrons. The first-order valence-electron chi connectivity index (χ1n) is 10.6. The van der Waals surface area contributed by atoms with E-state index in [1.165, 1.54) is 32.0 Å². The molecule has 2 fully saturated rings. The molecule has 2 aromatic rings. The highest BCUT2D eigenvalue weighted by Gasteiger charge is 2.37. The van der Waals surface area contributed by atoms with Gasteiger partial charge in [-0.3, -0.25) is 4.79 Å². The molecule has 1 aliphatic carbocycles. The maximum absolute atomic E-state index is 13.3. The lowest BCUT2D eigenvalue weighted by molar-refractivity contribution is -0.124. The summed E-state index contributed by atoms with van der Waals surface area (Å²) in [7, 11) is 0. The number of likely N-dealkylation sites (tertiary alicyclic amines) is 1. The Morgan fingerprint density at radius 2 is 1.83 bits per heavy atom. The number of carbonyl (C=O) groups is 1. The fraction of sp³-hybridized carbons (Fsp3) is 0.700. The van der Waals surface area contributed by atoms with E-state index in [1.54, 1.807) is 6.20 Å². The molecule has 1 amide bonds. The van der Waals surface area contributed by atoms with Crippen LogP contribution in [0.4, 0.5) is 14.6 Å². The Labute approximate surface area is 168 Å². The first-order valence-corrected chi connectivity index (χ1v) is 10.6. The third kappa shape index (κ3) is 4.88. The maximum atomic E-state index is 13.3. The van der Waals surface area contributed by atoms with Crippen molar-refractivity contribution >= 4 is 22.8 Å². The zero-order valence-electron chi connectivity index (χ0n) is 16.6. The van der Waals surface area contributed by atoms with Gasteiger partial charge >= 0.3 is 0 Å². The highest BCUT2D eigenvalue weighted by molar-refractivity contribution is 5.99. The molecule has 1 saturated heterocycles. The summed E-state index contributed by atoms with van der Waals surface area (Å²) in [5.74, 6) is -2.90. The second kappa shape index (κ2) is 8.69. The van der Waals surface area contributed by atoms with Crippen molar-refractivity contribution in [3.8, 4) is 0 Å². The molecule has 0 aromatic carbocycles. The van der Waals surface area contributed by atoms with Crippen LogP contribution in [0.25, 0.3) is 11.0 Å². The number of hydrogen-bond donors (Lipinski definition) is 1. The Balaban J connectivity index is 1.41. The van der Waals surface area contributed by atoms with E-state index < -0.39 is 11.8 Å². The molecule has 4 rings (SSSR count). The molecule has 0 bridgehead atoms. The fourth-order valence-corrected chi connectivity index (χ4v) is 4.27. The molecule has 29 heavy (non-hydrogen) atoms. The zero-order valence-corrected chi connectivity index (χ0v) is 16.6. The molecule has 0 spiro atoms. The molecule has 0 atom stereocenters. The van der Waals surface area contributed by atoms with E-state index in [1.807, 2.05) is 4.68 Å². The molecular weight excluding hydrogens is 378 g/mol. The summed E-state index contributed by atoms with van der Waals surface area (Å²) < 4.78 is 28.5. The number of hydrogen-bond acceptors (Lipinski definition) is 5.